The number of benzene rings is 1. The second-order valence-electron chi connectivity index (χ2n) is 2.71. The quantitative estimate of drug-likeness (QED) is 0.738. The normalized spacial score (nSPS) is 11.2. The van der Waals surface area contributed by atoms with Crippen molar-refractivity contribution in [2.24, 2.45) is 0 Å². The van der Waals surface area contributed by atoms with Gasteiger partial charge in [0.25, 0.3) is 10.1 Å². The van der Waals surface area contributed by atoms with Crippen LogP contribution in [-0.2, 0) is 10.1 Å². The Labute approximate surface area is 77.5 Å². The van der Waals surface area contributed by atoms with Crippen LogP contribution in [0, 0.1) is 6.92 Å². The van der Waals surface area contributed by atoms with Crippen molar-refractivity contribution in [1.29, 1.82) is 0 Å². The molecule has 0 fully saturated rings. The number of aryl methyl sites for hydroxylation is 1. The maximum absolute atomic E-state index is 10.7. The lowest BCUT2D eigenvalue weighted by Gasteiger charge is -2.04. The first-order valence-electron chi connectivity index (χ1n) is 3.65. The molecule has 0 aliphatic carbocycles. The lowest BCUT2D eigenvalue weighted by Crippen LogP contribution is -2.00. The molecule has 13 heavy (non-hydrogen) atoms. The third kappa shape index (κ3) is 2.17. The molecule has 0 unspecified atom stereocenters. The molecule has 0 saturated carbocycles. The zero-order chi connectivity index (χ0) is 10.1. The molecule has 1 aromatic rings. The molecule has 0 radical (unpaired) electrons. The Morgan fingerprint density at radius 3 is 2.38 bits per heavy atom. The molecule has 0 aliphatic rings. The Hall–Kier alpha value is -1.13. The Morgan fingerprint density at radius 2 is 1.92 bits per heavy atom. The third-order valence-corrected chi connectivity index (χ3v) is 2.60. The second kappa shape index (κ2) is 3.32. The van der Waals surface area contributed by atoms with Gasteiger partial charge in [-0.25, -0.2) is 0 Å². The molecule has 1 aromatic carbocycles. The fourth-order valence-corrected chi connectivity index (χ4v) is 1.53. The summed E-state index contributed by atoms with van der Waals surface area (Å²) in [6.45, 7) is 5.07. The fraction of sp³-hybridized carbons (Fsp3) is 0.111. The van der Waals surface area contributed by atoms with Gasteiger partial charge in [-0.05, 0) is 18.1 Å². The van der Waals surface area contributed by atoms with Gasteiger partial charge in [0.05, 0.1) is 4.91 Å². The first-order valence-corrected chi connectivity index (χ1v) is 5.09. The van der Waals surface area contributed by atoms with Crippen LogP contribution in [0.5, 0.6) is 0 Å². The Kier molecular flexibility index (Phi) is 2.54. The van der Waals surface area contributed by atoms with Crippen LogP contribution < -0.4 is 0 Å². The summed E-state index contributed by atoms with van der Waals surface area (Å²) < 4.78 is 30.2. The van der Waals surface area contributed by atoms with E-state index in [1.807, 2.05) is 0 Å². The van der Waals surface area contributed by atoms with Crippen molar-refractivity contribution < 1.29 is 13.0 Å². The molecule has 0 amide bonds. The van der Waals surface area contributed by atoms with Crippen molar-refractivity contribution in [3.8, 4) is 0 Å². The van der Waals surface area contributed by atoms with Crippen LogP contribution in [0.2, 0.25) is 0 Å². The minimum absolute atomic E-state index is 0.259. The van der Waals surface area contributed by atoms with Gasteiger partial charge in [0.15, 0.2) is 0 Å². The van der Waals surface area contributed by atoms with E-state index in [2.05, 4.69) is 6.58 Å². The van der Waals surface area contributed by atoms with Crippen molar-refractivity contribution in [2.45, 2.75) is 6.92 Å². The SMILES string of the molecule is C=C(c1ccccc1C)S(=O)(=O)O. The highest BCUT2D eigenvalue weighted by Crippen LogP contribution is 2.20. The van der Waals surface area contributed by atoms with Crippen LogP contribution >= 0.6 is 0 Å². The van der Waals surface area contributed by atoms with Crippen molar-refractivity contribution in [1.82, 2.24) is 0 Å². The molecule has 0 spiro atoms. The van der Waals surface area contributed by atoms with Gasteiger partial charge in [0.2, 0.25) is 0 Å². The molecular weight excluding hydrogens is 188 g/mol. The molecule has 1 N–H and O–H groups in total. The summed E-state index contributed by atoms with van der Waals surface area (Å²) in [7, 11) is -4.17. The number of rotatable bonds is 2. The smallest absolute Gasteiger partial charge is 0.282 e. The van der Waals surface area contributed by atoms with Crippen molar-refractivity contribution >= 4 is 15.0 Å². The topological polar surface area (TPSA) is 54.4 Å². The van der Waals surface area contributed by atoms with Crippen LogP contribution in [0.3, 0.4) is 0 Å². The summed E-state index contributed by atoms with van der Waals surface area (Å²) in [5.41, 5.74) is 1.22. The number of hydrogen-bond acceptors (Lipinski definition) is 2. The van der Waals surface area contributed by atoms with Crippen LogP contribution in [0.25, 0.3) is 4.91 Å². The predicted molar refractivity (Wildman–Crippen MR) is 51.8 cm³/mol. The molecule has 0 heterocycles. The maximum atomic E-state index is 10.7. The van der Waals surface area contributed by atoms with E-state index in [0.29, 0.717) is 5.56 Å². The molecule has 0 aromatic heterocycles. The van der Waals surface area contributed by atoms with Crippen LogP contribution in [0.4, 0.5) is 0 Å². The van der Waals surface area contributed by atoms with E-state index in [9.17, 15) is 8.42 Å². The van der Waals surface area contributed by atoms with Gasteiger partial charge in [0.1, 0.15) is 0 Å². The van der Waals surface area contributed by atoms with Crippen LogP contribution in [0.15, 0.2) is 30.8 Å². The summed E-state index contributed by atoms with van der Waals surface area (Å²) in [5, 5.41) is 0. The van der Waals surface area contributed by atoms with Gasteiger partial charge in [-0.1, -0.05) is 30.8 Å². The number of hydrogen-bond donors (Lipinski definition) is 1. The summed E-state index contributed by atoms with van der Waals surface area (Å²) in [6.07, 6.45) is 0. The maximum Gasteiger partial charge on any atom is 0.294 e. The third-order valence-electron chi connectivity index (χ3n) is 1.76. The fourth-order valence-electron chi connectivity index (χ4n) is 1.02. The van der Waals surface area contributed by atoms with E-state index in [1.165, 1.54) is 0 Å². The molecule has 0 bridgehead atoms. The molecule has 70 valence electrons. The van der Waals surface area contributed by atoms with E-state index in [-0.39, 0.29) is 4.91 Å². The van der Waals surface area contributed by atoms with Crippen molar-refractivity contribution in [3.63, 3.8) is 0 Å². The van der Waals surface area contributed by atoms with Crippen molar-refractivity contribution in [3.05, 3.63) is 42.0 Å². The molecule has 1 rings (SSSR count). The molecule has 0 atom stereocenters. The van der Waals surface area contributed by atoms with Gasteiger partial charge in [-0.15, -0.1) is 0 Å². The monoisotopic (exact) mass is 198 g/mol. The summed E-state index contributed by atoms with van der Waals surface area (Å²) in [6, 6.07) is 6.84. The summed E-state index contributed by atoms with van der Waals surface area (Å²) in [4.78, 5) is -0.259. The Morgan fingerprint density at radius 1 is 1.38 bits per heavy atom. The van der Waals surface area contributed by atoms with Crippen LogP contribution in [0.1, 0.15) is 11.1 Å². The molecule has 4 heteroatoms. The zero-order valence-electron chi connectivity index (χ0n) is 7.19. The lowest BCUT2D eigenvalue weighted by atomic mass is 10.1. The van der Waals surface area contributed by atoms with E-state index in [4.69, 9.17) is 4.55 Å². The van der Waals surface area contributed by atoms with Gasteiger partial charge in [-0.3, -0.25) is 4.55 Å². The summed E-state index contributed by atoms with van der Waals surface area (Å²) in [5.74, 6) is 0. The summed E-state index contributed by atoms with van der Waals surface area (Å²) >= 11 is 0. The zero-order valence-corrected chi connectivity index (χ0v) is 8.00. The first-order chi connectivity index (χ1) is 5.93. The molecule has 3 nitrogen and oxygen atoms in total. The van der Waals surface area contributed by atoms with Crippen molar-refractivity contribution in [2.75, 3.05) is 0 Å². The minimum Gasteiger partial charge on any atom is -0.282 e. The Bertz CT molecular complexity index is 432. The van der Waals surface area contributed by atoms with Gasteiger partial charge in [0, 0.05) is 0 Å². The highest BCUT2D eigenvalue weighted by molar-refractivity contribution is 7.95. The molecular formula is C9H10O3S. The standard InChI is InChI=1S/C9H10O3S/c1-7-5-3-4-6-9(7)8(2)13(10,11)12/h3-6H,2H2,1H3,(H,10,11,12). The average Bonchev–Trinajstić information content (AvgIpc) is 2.02. The van der Waals surface area contributed by atoms with Gasteiger partial charge < -0.3 is 0 Å². The predicted octanol–water partition coefficient (Wildman–Crippen LogP) is 1.85. The van der Waals surface area contributed by atoms with Gasteiger partial charge in [-0.2, -0.15) is 8.42 Å². The van der Waals surface area contributed by atoms with E-state index < -0.39 is 10.1 Å². The lowest BCUT2D eigenvalue weighted by molar-refractivity contribution is 0.496. The van der Waals surface area contributed by atoms with E-state index in [1.54, 1.807) is 31.2 Å². The van der Waals surface area contributed by atoms with E-state index in [0.717, 1.165) is 5.56 Å². The largest absolute Gasteiger partial charge is 0.294 e. The molecule has 0 saturated heterocycles. The first kappa shape index (κ1) is 9.95. The highest BCUT2D eigenvalue weighted by Gasteiger charge is 2.14. The van der Waals surface area contributed by atoms with E-state index >= 15 is 0 Å². The second-order valence-corrected chi connectivity index (χ2v) is 4.16. The van der Waals surface area contributed by atoms with Gasteiger partial charge >= 0.3 is 0 Å². The molecule has 0 aliphatic heterocycles. The highest BCUT2D eigenvalue weighted by atomic mass is 32.2. The van der Waals surface area contributed by atoms with Crippen LogP contribution in [-0.4, -0.2) is 13.0 Å². The Balaban J connectivity index is 3.26. The average molecular weight is 198 g/mol. The minimum atomic E-state index is -4.17.